The molecular weight excluding hydrogens is 262 g/mol. The minimum absolute atomic E-state index is 0.141. The van der Waals surface area contributed by atoms with Crippen molar-refractivity contribution in [1.82, 2.24) is 4.31 Å². The van der Waals surface area contributed by atoms with Crippen LogP contribution in [-0.4, -0.2) is 37.5 Å². The van der Waals surface area contributed by atoms with E-state index in [1.165, 1.54) is 4.31 Å². The van der Waals surface area contributed by atoms with Crippen LogP contribution in [0.5, 0.6) is 0 Å². The largest absolute Gasteiger partial charge is 0.395 e. The van der Waals surface area contributed by atoms with Crippen molar-refractivity contribution in [2.75, 3.05) is 19.7 Å². The lowest BCUT2D eigenvalue weighted by atomic mass is 10.0. The molecule has 4 nitrogen and oxygen atoms in total. The summed E-state index contributed by atoms with van der Waals surface area (Å²) in [5.41, 5.74) is 1.00. The molecule has 1 aromatic rings. The molecular formula is C14H23NO3S. The van der Waals surface area contributed by atoms with Gasteiger partial charge in [-0.25, -0.2) is 8.42 Å². The molecule has 5 heteroatoms. The highest BCUT2D eigenvalue weighted by atomic mass is 32.2. The Morgan fingerprint density at radius 1 is 1.26 bits per heavy atom. The van der Waals surface area contributed by atoms with Gasteiger partial charge in [-0.1, -0.05) is 32.9 Å². The summed E-state index contributed by atoms with van der Waals surface area (Å²) in [6.45, 7) is 6.39. The number of aliphatic hydroxyl groups is 1. The first-order chi connectivity index (χ1) is 8.93. The van der Waals surface area contributed by atoms with Crippen LogP contribution >= 0.6 is 0 Å². The Labute approximate surface area is 116 Å². The van der Waals surface area contributed by atoms with E-state index in [1.807, 2.05) is 26.8 Å². The quantitative estimate of drug-likeness (QED) is 0.835. The van der Waals surface area contributed by atoms with Gasteiger partial charge in [-0.2, -0.15) is 4.31 Å². The maximum absolute atomic E-state index is 12.5. The van der Waals surface area contributed by atoms with E-state index >= 15 is 0 Å². The Kier molecular flexibility index (Phi) is 5.97. The first-order valence-electron chi connectivity index (χ1n) is 6.64. The van der Waals surface area contributed by atoms with E-state index in [2.05, 4.69) is 0 Å². The average molecular weight is 285 g/mol. The average Bonchev–Trinajstić information content (AvgIpc) is 2.38. The topological polar surface area (TPSA) is 57.6 Å². The van der Waals surface area contributed by atoms with Gasteiger partial charge >= 0.3 is 0 Å². The van der Waals surface area contributed by atoms with E-state index in [0.29, 0.717) is 11.4 Å². The Hall–Kier alpha value is -0.910. The summed E-state index contributed by atoms with van der Waals surface area (Å²) in [6.07, 6.45) is 0.725. The SMILES string of the molecule is CCCN(CCO)S(=O)(=O)c1cccc(C(C)C)c1. The monoisotopic (exact) mass is 285 g/mol. The molecule has 1 aromatic carbocycles. The summed E-state index contributed by atoms with van der Waals surface area (Å²) >= 11 is 0. The summed E-state index contributed by atoms with van der Waals surface area (Å²) in [5, 5.41) is 9.01. The number of rotatable bonds is 7. The normalized spacial score (nSPS) is 12.3. The summed E-state index contributed by atoms with van der Waals surface area (Å²) in [4.78, 5) is 0.306. The van der Waals surface area contributed by atoms with Crippen LogP contribution in [0.4, 0.5) is 0 Å². The molecule has 1 N–H and O–H groups in total. The number of hydrogen-bond donors (Lipinski definition) is 1. The molecule has 0 spiro atoms. The van der Waals surface area contributed by atoms with Gasteiger partial charge in [0.25, 0.3) is 0 Å². The van der Waals surface area contributed by atoms with Gasteiger partial charge < -0.3 is 5.11 Å². The summed E-state index contributed by atoms with van der Waals surface area (Å²) in [7, 11) is -3.51. The van der Waals surface area contributed by atoms with Gasteiger partial charge in [0.1, 0.15) is 0 Å². The van der Waals surface area contributed by atoms with Crippen LogP contribution in [0.15, 0.2) is 29.2 Å². The third kappa shape index (κ3) is 4.03. The van der Waals surface area contributed by atoms with Crippen LogP contribution in [0.2, 0.25) is 0 Å². The van der Waals surface area contributed by atoms with Crippen molar-refractivity contribution in [3.63, 3.8) is 0 Å². The van der Waals surface area contributed by atoms with E-state index in [1.54, 1.807) is 18.2 Å². The van der Waals surface area contributed by atoms with Gasteiger partial charge in [0.05, 0.1) is 11.5 Å². The van der Waals surface area contributed by atoms with E-state index < -0.39 is 10.0 Å². The minimum atomic E-state index is -3.51. The number of hydrogen-bond acceptors (Lipinski definition) is 3. The first kappa shape index (κ1) is 16.1. The van der Waals surface area contributed by atoms with Crippen molar-refractivity contribution in [1.29, 1.82) is 0 Å². The zero-order chi connectivity index (χ0) is 14.5. The third-order valence-electron chi connectivity index (χ3n) is 2.98. The van der Waals surface area contributed by atoms with Crippen LogP contribution in [0.3, 0.4) is 0 Å². The second-order valence-corrected chi connectivity index (χ2v) is 6.79. The molecule has 0 aliphatic heterocycles. The number of benzene rings is 1. The van der Waals surface area contributed by atoms with Crippen LogP contribution in [0, 0.1) is 0 Å². The Morgan fingerprint density at radius 2 is 1.95 bits per heavy atom. The van der Waals surface area contributed by atoms with Crippen molar-refractivity contribution < 1.29 is 13.5 Å². The van der Waals surface area contributed by atoms with Crippen molar-refractivity contribution >= 4 is 10.0 Å². The molecule has 19 heavy (non-hydrogen) atoms. The van der Waals surface area contributed by atoms with Crippen LogP contribution < -0.4 is 0 Å². The Morgan fingerprint density at radius 3 is 2.47 bits per heavy atom. The highest BCUT2D eigenvalue weighted by Gasteiger charge is 2.23. The second kappa shape index (κ2) is 7.03. The molecule has 0 heterocycles. The lowest BCUT2D eigenvalue weighted by Gasteiger charge is -2.21. The molecule has 0 saturated carbocycles. The molecule has 0 unspecified atom stereocenters. The highest BCUT2D eigenvalue weighted by Crippen LogP contribution is 2.21. The maximum Gasteiger partial charge on any atom is 0.243 e. The first-order valence-corrected chi connectivity index (χ1v) is 8.08. The lowest BCUT2D eigenvalue weighted by Crippen LogP contribution is -2.34. The van der Waals surface area contributed by atoms with E-state index in [9.17, 15) is 8.42 Å². The van der Waals surface area contributed by atoms with Gasteiger partial charge in [-0.3, -0.25) is 0 Å². The minimum Gasteiger partial charge on any atom is -0.395 e. The molecule has 0 aliphatic rings. The fourth-order valence-electron chi connectivity index (χ4n) is 1.90. The Bertz CT molecular complexity index is 491. The smallest absolute Gasteiger partial charge is 0.243 e. The molecule has 0 fully saturated rings. The molecule has 0 amide bonds. The molecule has 1 rings (SSSR count). The zero-order valence-corrected chi connectivity index (χ0v) is 12.7. The van der Waals surface area contributed by atoms with Gasteiger partial charge in [-0.15, -0.1) is 0 Å². The molecule has 0 atom stereocenters. The molecule has 0 radical (unpaired) electrons. The van der Waals surface area contributed by atoms with Gasteiger partial charge in [0, 0.05) is 13.1 Å². The predicted molar refractivity (Wildman–Crippen MR) is 76.7 cm³/mol. The molecule has 108 valence electrons. The predicted octanol–water partition coefficient (Wildman–Crippen LogP) is 2.20. The third-order valence-corrected chi connectivity index (χ3v) is 4.88. The maximum atomic E-state index is 12.5. The van der Waals surface area contributed by atoms with Crippen LogP contribution in [0.1, 0.15) is 38.7 Å². The summed E-state index contributed by atoms with van der Waals surface area (Å²) in [5.74, 6) is 0.285. The van der Waals surface area contributed by atoms with Crippen molar-refractivity contribution in [3.05, 3.63) is 29.8 Å². The highest BCUT2D eigenvalue weighted by molar-refractivity contribution is 7.89. The summed E-state index contributed by atoms with van der Waals surface area (Å²) < 4.78 is 26.3. The van der Waals surface area contributed by atoms with E-state index in [0.717, 1.165) is 12.0 Å². The Balaban J connectivity index is 3.13. The van der Waals surface area contributed by atoms with Gasteiger partial charge in [-0.05, 0) is 30.0 Å². The fraction of sp³-hybridized carbons (Fsp3) is 0.571. The molecule has 0 bridgehead atoms. The summed E-state index contributed by atoms with van der Waals surface area (Å²) in [6, 6.07) is 7.03. The number of nitrogens with zero attached hydrogens (tertiary/aromatic N) is 1. The van der Waals surface area contributed by atoms with Gasteiger partial charge in [0.2, 0.25) is 10.0 Å². The lowest BCUT2D eigenvalue weighted by molar-refractivity contribution is 0.253. The van der Waals surface area contributed by atoms with E-state index in [4.69, 9.17) is 5.11 Å². The van der Waals surface area contributed by atoms with Gasteiger partial charge in [0.15, 0.2) is 0 Å². The molecule has 0 saturated heterocycles. The van der Waals surface area contributed by atoms with Crippen molar-refractivity contribution in [2.24, 2.45) is 0 Å². The molecule has 0 aliphatic carbocycles. The second-order valence-electron chi connectivity index (χ2n) is 4.85. The number of sulfonamides is 1. The van der Waals surface area contributed by atoms with Crippen LogP contribution in [0.25, 0.3) is 0 Å². The fourth-order valence-corrected chi connectivity index (χ4v) is 3.47. The van der Waals surface area contributed by atoms with Crippen LogP contribution in [-0.2, 0) is 10.0 Å². The van der Waals surface area contributed by atoms with E-state index in [-0.39, 0.29) is 19.1 Å². The van der Waals surface area contributed by atoms with Crippen molar-refractivity contribution in [3.8, 4) is 0 Å². The zero-order valence-electron chi connectivity index (χ0n) is 11.8. The molecule has 0 aromatic heterocycles. The standard InChI is InChI=1S/C14H23NO3S/c1-4-8-15(9-10-16)19(17,18)14-7-5-6-13(11-14)12(2)3/h5-7,11-12,16H,4,8-10H2,1-3H3. The number of aliphatic hydroxyl groups excluding tert-OH is 1. The van der Waals surface area contributed by atoms with Crippen molar-refractivity contribution in [2.45, 2.75) is 38.0 Å².